The van der Waals surface area contributed by atoms with Crippen LogP contribution in [0.15, 0.2) is 64.1 Å². The van der Waals surface area contributed by atoms with E-state index in [0.717, 1.165) is 0 Å². The van der Waals surface area contributed by atoms with Crippen LogP contribution in [0.25, 0.3) is 16.6 Å². The number of nitrogens with zero attached hydrogens (tertiary/aromatic N) is 2. The van der Waals surface area contributed by atoms with Gasteiger partial charge in [0.25, 0.3) is 5.91 Å². The predicted molar refractivity (Wildman–Crippen MR) is 93.7 cm³/mol. The second-order valence-electron chi connectivity index (χ2n) is 5.84. The van der Waals surface area contributed by atoms with Gasteiger partial charge in [-0.1, -0.05) is 18.2 Å². The first-order valence-electron chi connectivity index (χ1n) is 8.04. The van der Waals surface area contributed by atoms with Crippen molar-refractivity contribution in [2.24, 2.45) is 0 Å². The maximum atomic E-state index is 13.2. The Morgan fingerprint density at radius 1 is 1.19 bits per heavy atom. The molecule has 0 spiro atoms. The maximum Gasteiger partial charge on any atom is 0.349 e. The summed E-state index contributed by atoms with van der Waals surface area (Å²) in [5.74, 6) is -0.850. The average Bonchev–Trinajstić information content (AvgIpc) is 3.02. The Labute approximate surface area is 146 Å². The molecule has 0 aliphatic carbocycles. The summed E-state index contributed by atoms with van der Waals surface area (Å²) in [5, 5.41) is 3.37. The van der Waals surface area contributed by atoms with E-state index < -0.39 is 11.5 Å². The van der Waals surface area contributed by atoms with Crippen LogP contribution in [-0.2, 0) is 6.42 Å². The summed E-state index contributed by atoms with van der Waals surface area (Å²) in [4.78, 5) is 28.6. The van der Waals surface area contributed by atoms with Crippen LogP contribution in [0.2, 0.25) is 0 Å². The van der Waals surface area contributed by atoms with E-state index in [2.05, 4.69) is 10.3 Å². The molecule has 0 aliphatic heterocycles. The standard InChI is InChI=1S/C19H14FN3O3/c20-13-5-6-17-22-14(11-23(17)10-13)7-8-21-18(24)15-9-12-3-1-2-4-16(12)26-19(15)25/h1-6,9-11H,7-8H2,(H,21,24). The number of rotatable bonds is 4. The minimum atomic E-state index is -0.676. The molecule has 1 aromatic carbocycles. The summed E-state index contributed by atoms with van der Waals surface area (Å²) in [7, 11) is 0. The lowest BCUT2D eigenvalue weighted by Crippen LogP contribution is -2.29. The van der Waals surface area contributed by atoms with Crippen molar-refractivity contribution in [3.8, 4) is 0 Å². The number of amides is 1. The highest BCUT2D eigenvalue weighted by atomic mass is 19.1. The molecule has 1 N–H and O–H groups in total. The minimum Gasteiger partial charge on any atom is -0.422 e. The number of para-hydroxylation sites is 1. The molecule has 3 heterocycles. The normalized spacial score (nSPS) is 11.1. The zero-order valence-electron chi connectivity index (χ0n) is 13.6. The molecule has 0 aliphatic rings. The van der Waals surface area contributed by atoms with Crippen molar-refractivity contribution >= 4 is 22.5 Å². The summed E-state index contributed by atoms with van der Waals surface area (Å²) >= 11 is 0. The van der Waals surface area contributed by atoms with Gasteiger partial charge in [0.2, 0.25) is 0 Å². The fourth-order valence-corrected chi connectivity index (χ4v) is 2.76. The van der Waals surface area contributed by atoms with Gasteiger partial charge in [-0.25, -0.2) is 14.2 Å². The molecule has 3 aromatic heterocycles. The third-order valence-corrected chi connectivity index (χ3v) is 4.02. The smallest absolute Gasteiger partial charge is 0.349 e. The molecule has 4 rings (SSSR count). The van der Waals surface area contributed by atoms with E-state index in [4.69, 9.17) is 4.42 Å². The van der Waals surface area contributed by atoms with Crippen molar-refractivity contribution in [2.45, 2.75) is 6.42 Å². The molecule has 0 bridgehead atoms. The SMILES string of the molecule is O=C(NCCc1cn2cc(F)ccc2n1)c1cc2ccccc2oc1=O. The number of pyridine rings is 1. The number of carbonyl (C=O) groups excluding carboxylic acids is 1. The first-order chi connectivity index (χ1) is 12.6. The van der Waals surface area contributed by atoms with Crippen LogP contribution in [0.5, 0.6) is 0 Å². The summed E-state index contributed by atoms with van der Waals surface area (Å²) in [6, 6.07) is 11.4. The second kappa shape index (κ2) is 6.44. The first-order valence-corrected chi connectivity index (χ1v) is 8.04. The lowest BCUT2D eigenvalue weighted by Gasteiger charge is -2.04. The molecular weight excluding hydrogens is 337 g/mol. The number of fused-ring (bicyclic) bond motifs is 2. The van der Waals surface area contributed by atoms with Crippen molar-refractivity contribution in [2.75, 3.05) is 6.54 Å². The summed E-state index contributed by atoms with van der Waals surface area (Å²) in [6.07, 6.45) is 3.49. The van der Waals surface area contributed by atoms with E-state index >= 15 is 0 Å². The molecule has 1 amide bonds. The zero-order valence-corrected chi connectivity index (χ0v) is 13.6. The molecule has 7 heteroatoms. The van der Waals surface area contributed by atoms with Crippen LogP contribution in [0.1, 0.15) is 16.1 Å². The van der Waals surface area contributed by atoms with Crippen molar-refractivity contribution in [3.63, 3.8) is 0 Å². The molecule has 0 radical (unpaired) electrons. The highest BCUT2D eigenvalue weighted by Crippen LogP contribution is 2.12. The number of carbonyl (C=O) groups is 1. The monoisotopic (exact) mass is 351 g/mol. The molecule has 6 nitrogen and oxygen atoms in total. The highest BCUT2D eigenvalue weighted by Gasteiger charge is 2.13. The van der Waals surface area contributed by atoms with Crippen LogP contribution < -0.4 is 10.9 Å². The fraction of sp³-hybridized carbons (Fsp3) is 0.105. The number of aromatic nitrogens is 2. The van der Waals surface area contributed by atoms with E-state index in [9.17, 15) is 14.0 Å². The third-order valence-electron chi connectivity index (χ3n) is 4.02. The Balaban J connectivity index is 1.46. The van der Waals surface area contributed by atoms with Crippen molar-refractivity contribution in [1.29, 1.82) is 0 Å². The number of hydrogen-bond donors (Lipinski definition) is 1. The van der Waals surface area contributed by atoms with Crippen LogP contribution in [0.4, 0.5) is 4.39 Å². The average molecular weight is 351 g/mol. The van der Waals surface area contributed by atoms with E-state index in [-0.39, 0.29) is 17.9 Å². The maximum absolute atomic E-state index is 13.2. The van der Waals surface area contributed by atoms with Crippen LogP contribution >= 0.6 is 0 Å². The highest BCUT2D eigenvalue weighted by molar-refractivity contribution is 5.96. The van der Waals surface area contributed by atoms with E-state index in [1.54, 1.807) is 40.9 Å². The van der Waals surface area contributed by atoms with Gasteiger partial charge >= 0.3 is 5.63 Å². The van der Waals surface area contributed by atoms with Gasteiger partial charge < -0.3 is 14.1 Å². The number of benzene rings is 1. The molecule has 26 heavy (non-hydrogen) atoms. The molecule has 0 saturated carbocycles. The van der Waals surface area contributed by atoms with E-state index in [1.165, 1.54) is 18.3 Å². The van der Waals surface area contributed by atoms with Crippen LogP contribution in [0, 0.1) is 5.82 Å². The summed E-state index contributed by atoms with van der Waals surface area (Å²) in [6.45, 7) is 0.289. The molecule has 0 fully saturated rings. The Morgan fingerprint density at radius 3 is 2.92 bits per heavy atom. The summed E-state index contributed by atoms with van der Waals surface area (Å²) in [5.41, 5.74) is 1.06. The van der Waals surface area contributed by atoms with E-state index in [1.807, 2.05) is 0 Å². The van der Waals surface area contributed by atoms with Crippen molar-refractivity contribution in [1.82, 2.24) is 14.7 Å². The minimum absolute atomic E-state index is 0.0410. The number of hydrogen-bond acceptors (Lipinski definition) is 4. The second-order valence-corrected chi connectivity index (χ2v) is 5.84. The van der Waals surface area contributed by atoms with Gasteiger partial charge in [0.15, 0.2) is 0 Å². The Kier molecular flexibility index (Phi) is 3.96. The zero-order chi connectivity index (χ0) is 18.1. The molecule has 0 saturated heterocycles. The Morgan fingerprint density at radius 2 is 2.04 bits per heavy atom. The quantitative estimate of drug-likeness (QED) is 0.573. The van der Waals surface area contributed by atoms with Crippen molar-refractivity contribution < 1.29 is 13.6 Å². The van der Waals surface area contributed by atoms with Crippen LogP contribution in [-0.4, -0.2) is 21.8 Å². The topological polar surface area (TPSA) is 76.6 Å². The number of halogens is 1. The number of imidazole rings is 1. The summed E-state index contributed by atoms with van der Waals surface area (Å²) < 4.78 is 19.9. The molecule has 4 aromatic rings. The van der Waals surface area contributed by atoms with Gasteiger partial charge in [-0.15, -0.1) is 0 Å². The fourth-order valence-electron chi connectivity index (χ4n) is 2.76. The van der Waals surface area contributed by atoms with Gasteiger partial charge in [-0.3, -0.25) is 4.79 Å². The molecule has 0 unspecified atom stereocenters. The van der Waals surface area contributed by atoms with Crippen molar-refractivity contribution in [3.05, 3.63) is 82.4 Å². The van der Waals surface area contributed by atoms with Gasteiger partial charge in [-0.05, 0) is 24.3 Å². The van der Waals surface area contributed by atoms with Crippen LogP contribution in [0.3, 0.4) is 0 Å². The lowest BCUT2D eigenvalue weighted by atomic mass is 10.2. The molecule has 130 valence electrons. The van der Waals surface area contributed by atoms with Gasteiger partial charge in [0.05, 0.1) is 5.69 Å². The van der Waals surface area contributed by atoms with Gasteiger partial charge in [-0.2, -0.15) is 0 Å². The largest absolute Gasteiger partial charge is 0.422 e. The molecular formula is C19H14FN3O3. The number of nitrogens with one attached hydrogen (secondary N) is 1. The van der Waals surface area contributed by atoms with Gasteiger partial charge in [0, 0.05) is 30.7 Å². The Bertz CT molecular complexity index is 1180. The predicted octanol–water partition coefficient (Wildman–Crippen LogP) is 2.55. The lowest BCUT2D eigenvalue weighted by molar-refractivity contribution is 0.0950. The van der Waals surface area contributed by atoms with E-state index in [0.29, 0.717) is 28.7 Å². The molecule has 0 atom stereocenters. The van der Waals surface area contributed by atoms with Gasteiger partial charge in [0.1, 0.15) is 22.6 Å². The third kappa shape index (κ3) is 3.06. The first kappa shape index (κ1) is 16.0. The Hall–Kier alpha value is -3.48.